The lowest BCUT2D eigenvalue weighted by atomic mass is 10.1. The van der Waals surface area contributed by atoms with Gasteiger partial charge in [0, 0.05) is 51.3 Å². The van der Waals surface area contributed by atoms with E-state index in [1.807, 2.05) is 0 Å². The van der Waals surface area contributed by atoms with Gasteiger partial charge in [-0.1, -0.05) is 0 Å². The molecule has 0 saturated carbocycles. The molecule has 2 heterocycles. The van der Waals surface area contributed by atoms with Crippen LogP contribution in [0.2, 0.25) is 0 Å². The molecule has 48 heavy (non-hydrogen) atoms. The molecule has 3 unspecified atom stereocenters. The first-order valence-corrected chi connectivity index (χ1v) is 15.0. The molecule has 18 heteroatoms. The number of hydrogen-bond donors (Lipinski definition) is 3. The van der Waals surface area contributed by atoms with Crippen molar-refractivity contribution in [3.8, 4) is 23.0 Å². The predicted octanol–water partition coefficient (Wildman–Crippen LogP) is 1.36. The van der Waals surface area contributed by atoms with E-state index in [9.17, 15) is 45.1 Å². The molecule has 0 bridgehead atoms. The molecule has 0 radical (unpaired) electrons. The quantitative estimate of drug-likeness (QED) is 0.111. The number of benzene rings is 2. The van der Waals surface area contributed by atoms with Crippen molar-refractivity contribution in [1.82, 2.24) is 9.80 Å². The summed E-state index contributed by atoms with van der Waals surface area (Å²) in [6.45, 7) is 1.44. The van der Waals surface area contributed by atoms with E-state index in [1.54, 1.807) is 6.92 Å². The second kappa shape index (κ2) is 15.4. The fourth-order valence-corrected chi connectivity index (χ4v) is 5.75. The number of rotatable bonds is 14. The van der Waals surface area contributed by atoms with Gasteiger partial charge in [-0.25, -0.2) is 0 Å². The standard InChI is InChI=1S/C30H38N4O14/c1-16-8-17(35)13-32(16)29(38)19-10-25(45-3)27(12-22(19)34(42)43)48-7-5-6-47-26-11-21(33(40)41)18(9-24(26)44-2)28(37)31-14-20(23(36)15-31)30(39)46-4/h9-12,16-17,20,23,30,35-36,39H,5-8,13-15H2,1-4H3/t16-,17?,20?,23+,30?/m1/s1. The molecule has 5 atom stereocenters. The molecule has 2 aromatic carbocycles. The Hall–Kier alpha value is -4.78. The molecule has 2 amide bonds. The molecule has 3 N–H and O–H groups in total. The smallest absolute Gasteiger partial charge is 0.286 e. The van der Waals surface area contributed by atoms with E-state index >= 15 is 0 Å². The van der Waals surface area contributed by atoms with Gasteiger partial charge in [0.2, 0.25) is 0 Å². The highest BCUT2D eigenvalue weighted by Gasteiger charge is 2.41. The Balaban J connectivity index is 1.44. The van der Waals surface area contributed by atoms with Gasteiger partial charge in [0.1, 0.15) is 11.1 Å². The third-order valence-corrected chi connectivity index (χ3v) is 8.26. The van der Waals surface area contributed by atoms with Gasteiger partial charge in [-0.3, -0.25) is 29.8 Å². The summed E-state index contributed by atoms with van der Waals surface area (Å²) in [4.78, 5) is 51.3. The minimum atomic E-state index is -1.33. The zero-order valence-electron chi connectivity index (χ0n) is 26.8. The SMILES string of the molecule is COc1cc(C(=O)N2CC(C(O)OC)[C@@H](O)C2)c([N+](=O)[O-])cc1OCCCOc1cc([N+](=O)[O-])c(C(=O)N2CC(O)C[C@H]2C)cc1OC. The number of aliphatic hydroxyl groups excluding tert-OH is 3. The Bertz CT molecular complexity index is 1540. The maximum atomic E-state index is 13.3. The largest absolute Gasteiger partial charge is 0.493 e. The van der Waals surface area contributed by atoms with Crippen molar-refractivity contribution in [2.45, 2.75) is 44.3 Å². The number of β-amino-alcohol motifs (C(OH)–C–C–N with tert-alkyl or cyclic N) is 2. The Morgan fingerprint density at radius 2 is 1.38 bits per heavy atom. The van der Waals surface area contributed by atoms with Gasteiger partial charge in [-0.05, 0) is 13.3 Å². The molecule has 262 valence electrons. The lowest BCUT2D eigenvalue weighted by Gasteiger charge is -2.21. The topological polar surface area (TPSA) is 234 Å². The Labute approximate surface area is 274 Å². The molecule has 2 fully saturated rings. The van der Waals surface area contributed by atoms with Crippen molar-refractivity contribution < 1.29 is 58.4 Å². The van der Waals surface area contributed by atoms with E-state index in [0.717, 1.165) is 18.2 Å². The number of hydrogen-bond acceptors (Lipinski definition) is 14. The number of nitro groups is 2. The minimum absolute atomic E-state index is 0.00127. The first-order chi connectivity index (χ1) is 22.8. The Morgan fingerprint density at radius 3 is 1.81 bits per heavy atom. The van der Waals surface area contributed by atoms with Crippen LogP contribution in [-0.2, 0) is 4.74 Å². The van der Waals surface area contributed by atoms with Gasteiger partial charge >= 0.3 is 0 Å². The first kappa shape index (κ1) is 36.1. The summed E-state index contributed by atoms with van der Waals surface area (Å²) in [6.07, 6.45) is -2.62. The summed E-state index contributed by atoms with van der Waals surface area (Å²) in [7, 11) is 3.85. The van der Waals surface area contributed by atoms with Crippen molar-refractivity contribution in [1.29, 1.82) is 0 Å². The number of nitrogens with zero attached hydrogens (tertiary/aromatic N) is 4. The van der Waals surface area contributed by atoms with Crippen LogP contribution in [0.1, 0.15) is 40.5 Å². The van der Waals surface area contributed by atoms with Gasteiger partial charge in [-0.15, -0.1) is 0 Å². The fourth-order valence-electron chi connectivity index (χ4n) is 5.75. The molecule has 2 aliphatic heterocycles. The van der Waals surface area contributed by atoms with Gasteiger partial charge in [0.05, 0.1) is 67.5 Å². The second-order valence-electron chi connectivity index (χ2n) is 11.4. The minimum Gasteiger partial charge on any atom is -0.493 e. The highest BCUT2D eigenvalue weighted by Crippen LogP contribution is 2.38. The molecule has 4 rings (SSSR count). The number of methoxy groups -OCH3 is 3. The van der Waals surface area contributed by atoms with Crippen LogP contribution < -0.4 is 18.9 Å². The van der Waals surface area contributed by atoms with Gasteiger partial charge in [-0.2, -0.15) is 0 Å². The second-order valence-corrected chi connectivity index (χ2v) is 11.4. The summed E-state index contributed by atoms with van der Waals surface area (Å²) < 4.78 is 26.9. The summed E-state index contributed by atoms with van der Waals surface area (Å²) >= 11 is 0. The molecule has 2 aliphatic rings. The van der Waals surface area contributed by atoms with Gasteiger partial charge in [0.25, 0.3) is 23.2 Å². The van der Waals surface area contributed by atoms with E-state index < -0.39 is 57.5 Å². The summed E-state index contributed by atoms with van der Waals surface area (Å²) in [6, 6.07) is 4.20. The monoisotopic (exact) mass is 678 g/mol. The molecule has 0 aromatic heterocycles. The predicted molar refractivity (Wildman–Crippen MR) is 164 cm³/mol. The normalized spacial score (nSPS) is 21.1. The van der Waals surface area contributed by atoms with Crippen molar-refractivity contribution in [2.75, 3.05) is 54.2 Å². The van der Waals surface area contributed by atoms with Crippen molar-refractivity contribution >= 4 is 23.2 Å². The number of carbonyl (C=O) groups excluding carboxylic acids is 2. The third kappa shape index (κ3) is 7.67. The van der Waals surface area contributed by atoms with Gasteiger partial charge < -0.3 is 48.8 Å². The molecular weight excluding hydrogens is 640 g/mol. The number of carbonyl (C=O) groups is 2. The van der Waals surface area contributed by atoms with E-state index in [0.29, 0.717) is 6.42 Å². The Morgan fingerprint density at radius 1 is 0.854 bits per heavy atom. The fraction of sp³-hybridized carbons (Fsp3) is 0.533. The van der Waals surface area contributed by atoms with Crippen LogP contribution in [0.3, 0.4) is 0 Å². The number of nitro benzene ring substituents is 2. The van der Waals surface area contributed by atoms with Crippen LogP contribution in [-0.4, -0.2) is 125 Å². The number of amides is 2. The van der Waals surface area contributed by atoms with Crippen LogP contribution in [0.15, 0.2) is 24.3 Å². The summed E-state index contributed by atoms with van der Waals surface area (Å²) in [5, 5.41) is 54.0. The molecule has 0 aliphatic carbocycles. The maximum absolute atomic E-state index is 13.3. The lowest BCUT2D eigenvalue weighted by Crippen LogP contribution is -2.34. The van der Waals surface area contributed by atoms with Crippen LogP contribution in [0.25, 0.3) is 0 Å². The maximum Gasteiger partial charge on any atom is 0.286 e. The van der Waals surface area contributed by atoms with Crippen LogP contribution in [0.4, 0.5) is 11.4 Å². The van der Waals surface area contributed by atoms with Crippen LogP contribution >= 0.6 is 0 Å². The summed E-state index contributed by atoms with van der Waals surface area (Å²) in [5.41, 5.74) is -1.58. The molecule has 2 aromatic rings. The average Bonchev–Trinajstić information content (AvgIpc) is 3.62. The highest BCUT2D eigenvalue weighted by atomic mass is 16.6. The zero-order valence-corrected chi connectivity index (χ0v) is 26.8. The van der Waals surface area contributed by atoms with Crippen molar-refractivity contribution in [3.05, 3.63) is 55.6 Å². The molecule has 2 saturated heterocycles. The molecule has 18 nitrogen and oxygen atoms in total. The first-order valence-electron chi connectivity index (χ1n) is 15.0. The average molecular weight is 679 g/mol. The van der Waals surface area contributed by atoms with E-state index in [2.05, 4.69) is 0 Å². The molecular formula is C30H38N4O14. The van der Waals surface area contributed by atoms with E-state index in [1.165, 1.54) is 37.2 Å². The Kier molecular flexibility index (Phi) is 11.6. The van der Waals surface area contributed by atoms with Crippen LogP contribution in [0.5, 0.6) is 23.0 Å². The number of likely N-dealkylation sites (tertiary alicyclic amines) is 2. The number of ether oxygens (including phenoxy) is 5. The number of aliphatic hydroxyl groups is 3. The molecule has 0 spiro atoms. The van der Waals surface area contributed by atoms with E-state index in [-0.39, 0.29) is 79.4 Å². The van der Waals surface area contributed by atoms with Crippen molar-refractivity contribution in [2.24, 2.45) is 5.92 Å². The zero-order chi connectivity index (χ0) is 35.3. The van der Waals surface area contributed by atoms with Crippen molar-refractivity contribution in [3.63, 3.8) is 0 Å². The summed E-state index contributed by atoms with van der Waals surface area (Å²) in [5.74, 6) is -2.12. The van der Waals surface area contributed by atoms with E-state index in [4.69, 9.17) is 23.7 Å². The lowest BCUT2D eigenvalue weighted by molar-refractivity contribution is -0.385. The van der Waals surface area contributed by atoms with Crippen LogP contribution in [0, 0.1) is 26.1 Å². The highest BCUT2D eigenvalue weighted by molar-refractivity contribution is 6.00. The van der Waals surface area contributed by atoms with Gasteiger partial charge in [0.15, 0.2) is 29.3 Å². The third-order valence-electron chi connectivity index (χ3n) is 8.26.